The van der Waals surface area contributed by atoms with Crippen LogP contribution in [0.4, 0.5) is 0 Å². The molecule has 0 aliphatic carbocycles. The van der Waals surface area contributed by atoms with E-state index >= 15 is 0 Å². The van der Waals surface area contributed by atoms with Gasteiger partial charge in [-0.05, 0) is 59.2 Å². The van der Waals surface area contributed by atoms with Crippen molar-refractivity contribution in [1.29, 1.82) is 0 Å². The van der Waals surface area contributed by atoms with Crippen molar-refractivity contribution in [1.82, 2.24) is 4.98 Å². The summed E-state index contributed by atoms with van der Waals surface area (Å²) in [5.41, 5.74) is 4.08. The smallest absolute Gasteiger partial charge is 0.0778 e. The lowest BCUT2D eigenvalue weighted by atomic mass is 9.94. The molecule has 0 bridgehead atoms. The van der Waals surface area contributed by atoms with Crippen molar-refractivity contribution in [3.8, 4) is 33.5 Å². The van der Waals surface area contributed by atoms with E-state index in [1.165, 1.54) is 0 Å². The zero-order valence-corrected chi connectivity index (χ0v) is 22.8. The molecule has 0 atom stereocenters. The Bertz CT molecular complexity index is 1350. The number of nitrogens with zero attached hydrogens (tertiary/aromatic N) is 1. The quantitative estimate of drug-likeness (QED) is 0.209. The fraction of sp³-hybridized carbons (Fsp3) is 0. The van der Waals surface area contributed by atoms with Crippen LogP contribution in [-0.4, -0.2) is 4.98 Å². The molecule has 0 saturated carbocycles. The lowest BCUT2D eigenvalue weighted by molar-refractivity contribution is 1.32. The molecule has 0 spiro atoms. The van der Waals surface area contributed by atoms with Gasteiger partial charge in [0.05, 0.1) is 50.9 Å². The Morgan fingerprint density at radius 1 is 0.394 bits per heavy atom. The predicted molar refractivity (Wildman–Crippen MR) is 146 cm³/mol. The number of benzene rings is 3. The molecular formula is C23H8Cl9N. The van der Waals surface area contributed by atoms with Gasteiger partial charge in [-0.3, -0.25) is 4.98 Å². The van der Waals surface area contributed by atoms with E-state index in [2.05, 4.69) is 4.98 Å². The third-order valence-corrected chi connectivity index (χ3v) is 8.36. The van der Waals surface area contributed by atoms with Crippen LogP contribution in [0, 0.1) is 0 Å². The van der Waals surface area contributed by atoms with Crippen LogP contribution >= 0.6 is 104 Å². The number of hydrogen-bond donors (Lipinski definition) is 0. The highest BCUT2D eigenvalue weighted by atomic mass is 35.5. The molecule has 0 amide bonds. The highest BCUT2D eigenvalue weighted by Crippen LogP contribution is 2.43. The Hall–Kier alpha value is -0.580. The molecule has 168 valence electrons. The first kappa shape index (κ1) is 25.5. The summed E-state index contributed by atoms with van der Waals surface area (Å²) in [5, 5.41) is 2.60. The summed E-state index contributed by atoms with van der Waals surface area (Å²) >= 11 is 56.0. The predicted octanol–water partition coefficient (Wildman–Crippen LogP) is 12.0. The standard InChI is InChI=1S/C23H8Cl9N/c24-14-1-9(2-15(25)21(14)30)12-7-20(11-5-18(28)23(32)19(29)6-11)33-8-13(12)10-3-16(26)22(31)17(27)4-10/h1-8H. The molecule has 0 aliphatic heterocycles. The molecule has 1 heterocycles. The summed E-state index contributed by atoms with van der Waals surface area (Å²) in [6, 6.07) is 12.0. The highest BCUT2D eigenvalue weighted by Gasteiger charge is 2.17. The van der Waals surface area contributed by atoms with Crippen LogP contribution in [0.5, 0.6) is 0 Å². The second-order valence-electron chi connectivity index (χ2n) is 6.88. The fourth-order valence-corrected chi connectivity index (χ4v) is 5.00. The minimum absolute atomic E-state index is 0.256. The average Bonchev–Trinajstić information content (AvgIpc) is 2.78. The molecule has 0 N–H and O–H groups in total. The fourth-order valence-electron chi connectivity index (χ4n) is 3.21. The van der Waals surface area contributed by atoms with E-state index in [1.807, 2.05) is 6.07 Å². The van der Waals surface area contributed by atoms with Crippen LogP contribution in [0.15, 0.2) is 48.7 Å². The topological polar surface area (TPSA) is 12.9 Å². The minimum atomic E-state index is 0.256. The van der Waals surface area contributed by atoms with Gasteiger partial charge in [-0.15, -0.1) is 0 Å². The van der Waals surface area contributed by atoms with Gasteiger partial charge in [0.1, 0.15) is 0 Å². The van der Waals surface area contributed by atoms with Crippen LogP contribution in [-0.2, 0) is 0 Å². The zero-order valence-electron chi connectivity index (χ0n) is 16.0. The monoisotopic (exact) mass is 613 g/mol. The van der Waals surface area contributed by atoms with Gasteiger partial charge < -0.3 is 0 Å². The molecule has 4 aromatic rings. The van der Waals surface area contributed by atoms with Crippen LogP contribution in [0.3, 0.4) is 0 Å². The number of halogens is 9. The Balaban J connectivity index is 2.00. The van der Waals surface area contributed by atoms with Gasteiger partial charge >= 0.3 is 0 Å². The first-order valence-electron chi connectivity index (χ1n) is 9.01. The van der Waals surface area contributed by atoms with Crippen molar-refractivity contribution in [2.24, 2.45) is 0 Å². The lowest BCUT2D eigenvalue weighted by Gasteiger charge is -2.15. The number of rotatable bonds is 3. The molecule has 0 saturated heterocycles. The number of aromatic nitrogens is 1. The maximum absolute atomic E-state index is 6.31. The molecule has 4 rings (SSSR count). The summed E-state index contributed by atoms with van der Waals surface area (Å²) in [6.45, 7) is 0. The summed E-state index contributed by atoms with van der Waals surface area (Å²) in [7, 11) is 0. The lowest BCUT2D eigenvalue weighted by Crippen LogP contribution is -1.93. The average molecular weight is 617 g/mol. The molecule has 10 heteroatoms. The Morgan fingerprint density at radius 3 is 1.12 bits per heavy atom. The van der Waals surface area contributed by atoms with Gasteiger partial charge in [0.15, 0.2) is 0 Å². The van der Waals surface area contributed by atoms with E-state index in [0.717, 1.165) is 5.56 Å². The van der Waals surface area contributed by atoms with Crippen molar-refractivity contribution in [3.05, 3.63) is 93.9 Å². The summed E-state index contributed by atoms with van der Waals surface area (Å²) in [5.74, 6) is 0. The van der Waals surface area contributed by atoms with Gasteiger partial charge in [-0.25, -0.2) is 0 Å². The molecule has 0 unspecified atom stereocenters. The van der Waals surface area contributed by atoms with Crippen LogP contribution < -0.4 is 0 Å². The molecule has 33 heavy (non-hydrogen) atoms. The van der Waals surface area contributed by atoms with Gasteiger partial charge in [0.2, 0.25) is 0 Å². The first-order chi connectivity index (χ1) is 15.6. The third-order valence-electron chi connectivity index (χ3n) is 4.77. The zero-order chi connectivity index (χ0) is 24.0. The molecule has 1 nitrogen and oxygen atoms in total. The Labute approximate surface area is 235 Å². The van der Waals surface area contributed by atoms with Crippen molar-refractivity contribution < 1.29 is 0 Å². The molecular weight excluding hydrogens is 609 g/mol. The minimum Gasteiger partial charge on any atom is -0.256 e. The second-order valence-corrected chi connectivity index (χ2v) is 10.5. The van der Waals surface area contributed by atoms with Gasteiger partial charge in [0, 0.05) is 17.3 Å². The molecule has 0 radical (unpaired) electrons. The van der Waals surface area contributed by atoms with E-state index < -0.39 is 0 Å². The van der Waals surface area contributed by atoms with E-state index in [-0.39, 0.29) is 15.1 Å². The summed E-state index contributed by atoms with van der Waals surface area (Å²) in [4.78, 5) is 4.60. The van der Waals surface area contributed by atoms with Gasteiger partial charge in [-0.2, -0.15) is 0 Å². The first-order valence-corrected chi connectivity index (χ1v) is 12.4. The molecule has 0 aliphatic rings. The van der Waals surface area contributed by atoms with Crippen LogP contribution in [0.25, 0.3) is 33.5 Å². The molecule has 0 fully saturated rings. The summed E-state index contributed by atoms with van der Waals surface area (Å²) in [6.07, 6.45) is 1.67. The summed E-state index contributed by atoms with van der Waals surface area (Å²) < 4.78 is 0. The van der Waals surface area contributed by atoms with Crippen molar-refractivity contribution in [3.63, 3.8) is 0 Å². The van der Waals surface area contributed by atoms with Crippen molar-refractivity contribution >= 4 is 104 Å². The van der Waals surface area contributed by atoms with Crippen molar-refractivity contribution in [2.45, 2.75) is 0 Å². The molecule has 3 aromatic carbocycles. The number of hydrogen-bond acceptors (Lipinski definition) is 1. The molecule has 1 aromatic heterocycles. The number of pyridine rings is 1. The normalized spacial score (nSPS) is 11.2. The van der Waals surface area contributed by atoms with Crippen LogP contribution in [0.1, 0.15) is 0 Å². The van der Waals surface area contributed by atoms with E-state index in [0.29, 0.717) is 58.1 Å². The Morgan fingerprint density at radius 2 is 0.727 bits per heavy atom. The largest absolute Gasteiger partial charge is 0.256 e. The van der Waals surface area contributed by atoms with Crippen molar-refractivity contribution in [2.75, 3.05) is 0 Å². The van der Waals surface area contributed by atoms with E-state index in [9.17, 15) is 0 Å². The highest BCUT2D eigenvalue weighted by molar-refractivity contribution is 6.49. The van der Waals surface area contributed by atoms with Gasteiger partial charge in [-0.1, -0.05) is 104 Å². The SMILES string of the molecule is Clc1cc(-c2cc(-c3cc(Cl)c(Cl)c(Cl)c3)c(-c3cc(Cl)c(Cl)c(Cl)c3)cn2)cc(Cl)c1Cl. The third kappa shape index (κ3) is 5.19. The van der Waals surface area contributed by atoms with E-state index in [4.69, 9.17) is 104 Å². The maximum atomic E-state index is 6.31. The maximum Gasteiger partial charge on any atom is 0.0778 e. The second kappa shape index (κ2) is 10.2. The van der Waals surface area contributed by atoms with Crippen LogP contribution in [0.2, 0.25) is 45.2 Å². The Kier molecular flexibility index (Phi) is 7.88. The van der Waals surface area contributed by atoms with E-state index in [1.54, 1.807) is 42.6 Å². The van der Waals surface area contributed by atoms with Gasteiger partial charge in [0.25, 0.3) is 0 Å².